The summed E-state index contributed by atoms with van der Waals surface area (Å²) < 4.78 is 0. The normalized spacial score (nSPS) is 11.7. The highest BCUT2D eigenvalue weighted by atomic mass is 35.5. The number of hydrogen-bond donors (Lipinski definition) is 1. The predicted octanol–water partition coefficient (Wildman–Crippen LogP) is 0.941. The van der Waals surface area contributed by atoms with E-state index in [1.807, 2.05) is 6.92 Å². The van der Waals surface area contributed by atoms with Crippen LogP contribution in [0.25, 0.3) is 0 Å². The van der Waals surface area contributed by atoms with Crippen molar-refractivity contribution < 1.29 is 0 Å². The Morgan fingerprint density at radius 1 is 1.83 bits per heavy atom. The van der Waals surface area contributed by atoms with E-state index >= 15 is 0 Å². The van der Waals surface area contributed by atoms with Crippen LogP contribution >= 0.6 is 12.4 Å². The Morgan fingerprint density at radius 3 is 2.00 bits per heavy atom. The molecule has 6 heavy (non-hydrogen) atoms. The molecule has 0 fully saturated rings. The van der Waals surface area contributed by atoms with Crippen molar-refractivity contribution in [2.45, 2.75) is 13.0 Å². The summed E-state index contributed by atoms with van der Waals surface area (Å²) in [7, 11) is 0. The van der Waals surface area contributed by atoms with Crippen molar-refractivity contribution >= 4 is 12.4 Å². The highest BCUT2D eigenvalue weighted by molar-refractivity contribution is 5.85. The van der Waals surface area contributed by atoms with Crippen LogP contribution in [0.1, 0.15) is 6.92 Å². The van der Waals surface area contributed by atoms with Crippen LogP contribution in [0, 0.1) is 0 Å². The molecule has 0 aromatic carbocycles. The average molecular weight is 108 g/mol. The Labute approximate surface area is 44.6 Å². The van der Waals surface area contributed by atoms with Gasteiger partial charge in [0.25, 0.3) is 0 Å². The summed E-state index contributed by atoms with van der Waals surface area (Å²) in [6.07, 6.45) is 1.69. The summed E-state index contributed by atoms with van der Waals surface area (Å²) in [5, 5.41) is 0. The molecule has 0 spiro atoms. The summed E-state index contributed by atoms with van der Waals surface area (Å²) in [6, 6.07) is 0.148. The number of nitrogens with two attached hydrogens (primary N) is 1. The first kappa shape index (κ1) is 9.37. The van der Waals surface area contributed by atoms with Crippen LogP contribution in [-0.4, -0.2) is 6.04 Å². The van der Waals surface area contributed by atoms with Crippen molar-refractivity contribution in [1.29, 1.82) is 0 Å². The maximum atomic E-state index is 5.17. The highest BCUT2D eigenvalue weighted by Crippen LogP contribution is 1.67. The Balaban J connectivity index is 0. The summed E-state index contributed by atoms with van der Waals surface area (Å²) in [4.78, 5) is 0. The first-order chi connectivity index (χ1) is 2.27. The zero-order chi connectivity index (χ0) is 4.28. The van der Waals surface area contributed by atoms with E-state index in [4.69, 9.17) is 5.73 Å². The van der Waals surface area contributed by atoms with Crippen molar-refractivity contribution in [3.8, 4) is 0 Å². The van der Waals surface area contributed by atoms with E-state index in [0.29, 0.717) is 0 Å². The standard InChI is InChI=1S/C4H9N.ClH/c1-3-4(2)5;/h3-4H,1,5H2,2H3;1H/t4-;/m1./s1. The quantitative estimate of drug-likeness (QED) is 0.496. The molecule has 0 aromatic heterocycles. The molecule has 0 amide bonds. The van der Waals surface area contributed by atoms with Crippen LogP contribution in [0.4, 0.5) is 0 Å². The maximum absolute atomic E-state index is 5.17. The van der Waals surface area contributed by atoms with Crippen LogP contribution < -0.4 is 5.73 Å². The molecule has 0 unspecified atom stereocenters. The largest absolute Gasteiger partial charge is 0.325 e. The lowest BCUT2D eigenvalue weighted by Crippen LogP contribution is -2.09. The fraction of sp³-hybridized carbons (Fsp3) is 0.500. The molecule has 0 heterocycles. The van der Waals surface area contributed by atoms with Crippen LogP contribution in [0.2, 0.25) is 0 Å². The summed E-state index contributed by atoms with van der Waals surface area (Å²) >= 11 is 0. The molecular weight excluding hydrogens is 97.5 g/mol. The van der Waals surface area contributed by atoms with Crippen molar-refractivity contribution in [3.63, 3.8) is 0 Å². The molecule has 0 rings (SSSR count). The van der Waals surface area contributed by atoms with Gasteiger partial charge in [0.1, 0.15) is 0 Å². The van der Waals surface area contributed by atoms with Gasteiger partial charge in [-0.3, -0.25) is 0 Å². The first-order valence-corrected chi connectivity index (χ1v) is 1.65. The second-order valence-corrected chi connectivity index (χ2v) is 1.09. The minimum Gasteiger partial charge on any atom is -0.325 e. The van der Waals surface area contributed by atoms with Crippen LogP contribution in [-0.2, 0) is 0 Å². The summed E-state index contributed by atoms with van der Waals surface area (Å²) in [5.41, 5.74) is 5.17. The smallest absolute Gasteiger partial charge is 0.0192 e. The van der Waals surface area contributed by atoms with Gasteiger partial charge >= 0.3 is 0 Å². The Morgan fingerprint density at radius 2 is 2.00 bits per heavy atom. The van der Waals surface area contributed by atoms with Crippen molar-refractivity contribution in [1.82, 2.24) is 0 Å². The second-order valence-electron chi connectivity index (χ2n) is 1.09. The van der Waals surface area contributed by atoms with Gasteiger partial charge in [0.15, 0.2) is 0 Å². The molecule has 2 N–H and O–H groups in total. The molecular formula is C4H10ClN. The molecule has 38 valence electrons. The molecule has 0 aliphatic rings. The average Bonchev–Trinajstić information content (AvgIpc) is 1.38. The molecule has 0 aromatic rings. The van der Waals surface area contributed by atoms with Crippen molar-refractivity contribution in [2.75, 3.05) is 0 Å². The maximum Gasteiger partial charge on any atom is 0.0192 e. The van der Waals surface area contributed by atoms with E-state index in [9.17, 15) is 0 Å². The summed E-state index contributed by atoms with van der Waals surface area (Å²) in [5.74, 6) is 0. The first-order valence-electron chi connectivity index (χ1n) is 1.65. The predicted molar refractivity (Wildman–Crippen MR) is 31.1 cm³/mol. The number of rotatable bonds is 1. The van der Waals surface area contributed by atoms with E-state index in [-0.39, 0.29) is 18.4 Å². The molecule has 1 nitrogen and oxygen atoms in total. The van der Waals surface area contributed by atoms with Crippen LogP contribution in [0.3, 0.4) is 0 Å². The number of hydrogen-bond acceptors (Lipinski definition) is 1. The zero-order valence-electron chi connectivity index (χ0n) is 3.85. The Bertz CT molecular complexity index is 34.5. The highest BCUT2D eigenvalue weighted by Gasteiger charge is 1.73. The minimum atomic E-state index is 0. The monoisotopic (exact) mass is 107 g/mol. The third-order valence-corrected chi connectivity index (χ3v) is 0.372. The zero-order valence-corrected chi connectivity index (χ0v) is 4.66. The molecule has 2 heteroatoms. The van der Waals surface area contributed by atoms with E-state index < -0.39 is 0 Å². The van der Waals surface area contributed by atoms with Crippen LogP contribution in [0.15, 0.2) is 12.7 Å². The third kappa shape index (κ3) is 9.01. The van der Waals surface area contributed by atoms with Crippen LogP contribution in [0.5, 0.6) is 0 Å². The van der Waals surface area contributed by atoms with Gasteiger partial charge in [-0.25, -0.2) is 0 Å². The van der Waals surface area contributed by atoms with Gasteiger partial charge in [0.05, 0.1) is 0 Å². The van der Waals surface area contributed by atoms with E-state index in [1.165, 1.54) is 0 Å². The van der Waals surface area contributed by atoms with Crippen molar-refractivity contribution in [2.24, 2.45) is 5.73 Å². The minimum absolute atomic E-state index is 0. The van der Waals surface area contributed by atoms with Gasteiger partial charge in [-0.1, -0.05) is 6.08 Å². The lowest BCUT2D eigenvalue weighted by molar-refractivity contribution is 0.929. The Hall–Kier alpha value is -0.0100. The van der Waals surface area contributed by atoms with Gasteiger partial charge in [0, 0.05) is 6.04 Å². The second kappa shape index (κ2) is 4.99. The van der Waals surface area contributed by atoms with Gasteiger partial charge in [-0.05, 0) is 6.92 Å². The molecule has 0 aliphatic heterocycles. The molecule has 0 saturated heterocycles. The molecule has 0 bridgehead atoms. The molecule has 0 saturated carbocycles. The molecule has 0 radical (unpaired) electrons. The molecule has 1 atom stereocenters. The van der Waals surface area contributed by atoms with Crippen molar-refractivity contribution in [3.05, 3.63) is 12.7 Å². The van der Waals surface area contributed by atoms with Gasteiger partial charge < -0.3 is 5.73 Å². The fourth-order valence-corrected chi connectivity index (χ4v) is 0. The topological polar surface area (TPSA) is 26.0 Å². The van der Waals surface area contributed by atoms with Gasteiger partial charge in [0.2, 0.25) is 0 Å². The lowest BCUT2D eigenvalue weighted by Gasteiger charge is -1.85. The number of halogens is 1. The third-order valence-electron chi connectivity index (χ3n) is 0.372. The Kier molecular flexibility index (Phi) is 7.79. The van der Waals surface area contributed by atoms with E-state index in [0.717, 1.165) is 0 Å². The lowest BCUT2D eigenvalue weighted by atomic mass is 10.4. The van der Waals surface area contributed by atoms with E-state index in [2.05, 4.69) is 6.58 Å². The van der Waals surface area contributed by atoms with Gasteiger partial charge in [-0.2, -0.15) is 0 Å². The molecule has 0 aliphatic carbocycles. The van der Waals surface area contributed by atoms with Gasteiger partial charge in [-0.15, -0.1) is 19.0 Å². The summed E-state index contributed by atoms with van der Waals surface area (Å²) in [6.45, 7) is 5.32. The van der Waals surface area contributed by atoms with E-state index in [1.54, 1.807) is 6.08 Å². The fourth-order valence-electron chi connectivity index (χ4n) is 0. The SMILES string of the molecule is C=C[C@@H](C)N.Cl.